The highest BCUT2D eigenvalue weighted by atomic mass is 32.2. The highest BCUT2D eigenvalue weighted by Gasteiger charge is 2.25. The number of aliphatic hydroxyl groups excluding tert-OH is 1. The summed E-state index contributed by atoms with van der Waals surface area (Å²) in [5.41, 5.74) is 2.71. The molecular formula is C15H24N2O3S. The zero-order chi connectivity index (χ0) is 16.0. The number of rotatable bonds is 8. The fourth-order valence-electron chi connectivity index (χ4n) is 2.24. The molecule has 0 bridgehead atoms. The summed E-state index contributed by atoms with van der Waals surface area (Å²) in [6.07, 6.45) is 1.52. The standard InChI is InChI=1S/C15H24N2O3S/c1-5-6-17(7-8-18)21(19,20)15-10-14(11-16-4)12(2)9-13(15)3/h5,9-10,16,18H,1,6-8,11H2,2-4H3. The van der Waals surface area contributed by atoms with E-state index in [1.807, 2.05) is 20.0 Å². The average molecular weight is 312 g/mol. The third kappa shape index (κ3) is 4.14. The van der Waals surface area contributed by atoms with Crippen LogP contribution in [0.5, 0.6) is 0 Å². The molecule has 1 aromatic rings. The lowest BCUT2D eigenvalue weighted by Gasteiger charge is -2.22. The zero-order valence-electron chi connectivity index (χ0n) is 12.9. The van der Waals surface area contributed by atoms with Gasteiger partial charge in [-0.3, -0.25) is 0 Å². The van der Waals surface area contributed by atoms with E-state index in [4.69, 9.17) is 5.11 Å². The quantitative estimate of drug-likeness (QED) is 0.708. The van der Waals surface area contributed by atoms with Crippen molar-refractivity contribution in [3.63, 3.8) is 0 Å². The molecule has 6 heteroatoms. The Balaban J connectivity index is 3.34. The normalized spacial score (nSPS) is 11.9. The summed E-state index contributed by atoms with van der Waals surface area (Å²) in [6, 6.07) is 3.59. The topological polar surface area (TPSA) is 69.6 Å². The van der Waals surface area contributed by atoms with E-state index in [1.54, 1.807) is 13.0 Å². The molecule has 0 fully saturated rings. The molecule has 0 aromatic heterocycles. The first-order valence-corrected chi connectivity index (χ1v) is 8.29. The van der Waals surface area contributed by atoms with Gasteiger partial charge in [0.15, 0.2) is 0 Å². The van der Waals surface area contributed by atoms with Gasteiger partial charge in [-0.2, -0.15) is 4.31 Å². The molecule has 0 heterocycles. The number of hydrogen-bond acceptors (Lipinski definition) is 4. The monoisotopic (exact) mass is 312 g/mol. The molecule has 0 aliphatic heterocycles. The maximum absolute atomic E-state index is 12.7. The van der Waals surface area contributed by atoms with E-state index in [1.165, 1.54) is 10.4 Å². The third-order valence-electron chi connectivity index (χ3n) is 3.30. The van der Waals surface area contributed by atoms with E-state index in [0.29, 0.717) is 12.1 Å². The lowest BCUT2D eigenvalue weighted by atomic mass is 10.1. The lowest BCUT2D eigenvalue weighted by molar-refractivity contribution is 0.260. The van der Waals surface area contributed by atoms with Crippen LogP contribution in [0.3, 0.4) is 0 Å². The molecule has 21 heavy (non-hydrogen) atoms. The van der Waals surface area contributed by atoms with E-state index in [9.17, 15) is 8.42 Å². The van der Waals surface area contributed by atoms with E-state index in [2.05, 4.69) is 11.9 Å². The van der Waals surface area contributed by atoms with Gasteiger partial charge in [0.2, 0.25) is 10.0 Å². The Kier molecular flexibility index (Phi) is 6.54. The fourth-order valence-corrected chi connectivity index (χ4v) is 3.90. The molecule has 118 valence electrons. The van der Waals surface area contributed by atoms with Crippen LogP contribution in [-0.2, 0) is 16.6 Å². The van der Waals surface area contributed by atoms with Gasteiger partial charge in [-0.25, -0.2) is 8.42 Å². The van der Waals surface area contributed by atoms with Crippen LogP contribution in [0.15, 0.2) is 29.7 Å². The molecule has 0 amide bonds. The van der Waals surface area contributed by atoms with Gasteiger partial charge >= 0.3 is 0 Å². The molecule has 5 nitrogen and oxygen atoms in total. The second-order valence-corrected chi connectivity index (χ2v) is 6.86. The van der Waals surface area contributed by atoms with Crippen LogP contribution in [0.1, 0.15) is 16.7 Å². The number of nitrogens with zero attached hydrogens (tertiary/aromatic N) is 1. The maximum atomic E-state index is 12.7. The van der Waals surface area contributed by atoms with Crippen molar-refractivity contribution in [1.29, 1.82) is 0 Å². The van der Waals surface area contributed by atoms with E-state index < -0.39 is 10.0 Å². The van der Waals surface area contributed by atoms with Crippen LogP contribution in [-0.4, -0.2) is 44.6 Å². The summed E-state index contributed by atoms with van der Waals surface area (Å²) in [4.78, 5) is 0.286. The first-order chi connectivity index (χ1) is 9.88. The van der Waals surface area contributed by atoms with Gasteiger partial charge in [0, 0.05) is 19.6 Å². The fraction of sp³-hybridized carbons (Fsp3) is 0.467. The Morgan fingerprint density at radius 3 is 2.52 bits per heavy atom. The number of hydrogen-bond donors (Lipinski definition) is 2. The van der Waals surface area contributed by atoms with Crippen molar-refractivity contribution in [2.45, 2.75) is 25.3 Å². The number of benzene rings is 1. The number of aliphatic hydroxyl groups is 1. The van der Waals surface area contributed by atoms with Crippen molar-refractivity contribution in [1.82, 2.24) is 9.62 Å². The van der Waals surface area contributed by atoms with Gasteiger partial charge in [0.1, 0.15) is 0 Å². The lowest BCUT2D eigenvalue weighted by Crippen LogP contribution is -2.34. The van der Waals surface area contributed by atoms with Gasteiger partial charge in [0.25, 0.3) is 0 Å². The predicted molar refractivity (Wildman–Crippen MR) is 84.7 cm³/mol. The Morgan fingerprint density at radius 2 is 2.00 bits per heavy atom. The van der Waals surface area contributed by atoms with Crippen LogP contribution in [0.25, 0.3) is 0 Å². The summed E-state index contributed by atoms with van der Waals surface area (Å²) < 4.78 is 26.7. The van der Waals surface area contributed by atoms with Gasteiger partial charge in [-0.15, -0.1) is 6.58 Å². The van der Waals surface area contributed by atoms with Crippen LogP contribution in [0, 0.1) is 13.8 Å². The first kappa shape index (κ1) is 17.8. The van der Waals surface area contributed by atoms with E-state index in [0.717, 1.165) is 11.1 Å². The molecule has 0 saturated carbocycles. The van der Waals surface area contributed by atoms with E-state index >= 15 is 0 Å². The molecule has 1 aromatic carbocycles. The van der Waals surface area contributed by atoms with Crippen LogP contribution in [0.4, 0.5) is 0 Å². The largest absolute Gasteiger partial charge is 0.395 e. The Bertz CT molecular complexity index is 597. The number of sulfonamides is 1. The van der Waals surface area contributed by atoms with Crippen molar-refractivity contribution < 1.29 is 13.5 Å². The van der Waals surface area contributed by atoms with Crippen LogP contribution >= 0.6 is 0 Å². The second kappa shape index (κ2) is 7.70. The van der Waals surface area contributed by atoms with Crippen LogP contribution in [0.2, 0.25) is 0 Å². The second-order valence-electron chi connectivity index (χ2n) is 4.95. The molecule has 1 rings (SSSR count). The highest BCUT2D eigenvalue weighted by Crippen LogP contribution is 2.23. The van der Waals surface area contributed by atoms with Crippen molar-refractivity contribution >= 4 is 10.0 Å². The van der Waals surface area contributed by atoms with Crippen molar-refractivity contribution in [3.05, 3.63) is 41.5 Å². The SMILES string of the molecule is C=CCN(CCO)S(=O)(=O)c1cc(CNC)c(C)cc1C. The summed E-state index contributed by atoms with van der Waals surface area (Å²) in [5.74, 6) is 0. The predicted octanol–water partition coefficient (Wildman–Crippen LogP) is 1.19. The summed E-state index contributed by atoms with van der Waals surface area (Å²) in [6.45, 7) is 7.95. The molecule has 0 radical (unpaired) electrons. The molecule has 2 N–H and O–H groups in total. The van der Waals surface area contributed by atoms with Gasteiger partial charge in [0.05, 0.1) is 11.5 Å². The Labute approximate surface area is 127 Å². The minimum absolute atomic E-state index is 0.0586. The average Bonchev–Trinajstić information content (AvgIpc) is 2.41. The smallest absolute Gasteiger partial charge is 0.243 e. The van der Waals surface area contributed by atoms with E-state index in [-0.39, 0.29) is 24.6 Å². The van der Waals surface area contributed by atoms with Gasteiger partial charge < -0.3 is 10.4 Å². The van der Waals surface area contributed by atoms with Crippen molar-refractivity contribution in [3.8, 4) is 0 Å². The summed E-state index contributed by atoms with van der Waals surface area (Å²) in [7, 11) is -1.82. The van der Waals surface area contributed by atoms with Crippen molar-refractivity contribution in [2.75, 3.05) is 26.7 Å². The minimum Gasteiger partial charge on any atom is -0.395 e. The first-order valence-electron chi connectivity index (χ1n) is 6.85. The highest BCUT2D eigenvalue weighted by molar-refractivity contribution is 7.89. The molecule has 0 atom stereocenters. The zero-order valence-corrected chi connectivity index (χ0v) is 13.7. The number of nitrogens with one attached hydrogen (secondary N) is 1. The molecule has 0 aliphatic carbocycles. The minimum atomic E-state index is -3.64. The molecule has 0 spiro atoms. The van der Waals surface area contributed by atoms with Gasteiger partial charge in [-0.05, 0) is 43.7 Å². The third-order valence-corrected chi connectivity index (χ3v) is 5.31. The molecule has 0 unspecified atom stereocenters. The summed E-state index contributed by atoms with van der Waals surface area (Å²) >= 11 is 0. The number of aryl methyl sites for hydroxylation is 2. The summed E-state index contributed by atoms with van der Waals surface area (Å²) in [5, 5.41) is 12.1. The van der Waals surface area contributed by atoms with Crippen LogP contribution < -0.4 is 5.32 Å². The Morgan fingerprint density at radius 1 is 1.33 bits per heavy atom. The van der Waals surface area contributed by atoms with Crippen molar-refractivity contribution in [2.24, 2.45) is 0 Å². The van der Waals surface area contributed by atoms with Gasteiger partial charge in [-0.1, -0.05) is 12.1 Å². The maximum Gasteiger partial charge on any atom is 0.243 e. The Hall–Kier alpha value is -1.21. The molecule has 0 aliphatic rings. The molecule has 0 saturated heterocycles. The molecular weight excluding hydrogens is 288 g/mol.